The molecule has 0 fully saturated rings. The number of nitrogens with zero attached hydrogens (tertiary/aromatic N) is 2. The zero-order chi connectivity index (χ0) is 11.2. The lowest BCUT2D eigenvalue weighted by Crippen LogP contribution is -2.29. The second-order valence-corrected chi connectivity index (χ2v) is 3.58. The molecule has 0 saturated carbocycles. The van der Waals surface area contributed by atoms with Crippen LogP contribution in [0.4, 0.5) is 0 Å². The molecule has 1 aromatic heterocycles. The van der Waals surface area contributed by atoms with Crippen molar-refractivity contribution in [3.63, 3.8) is 0 Å². The highest BCUT2D eigenvalue weighted by atomic mass is 15.2. The number of hydrogen-bond acceptors (Lipinski definition) is 4. The summed E-state index contributed by atoms with van der Waals surface area (Å²) in [5.74, 6) is 5.55. The fourth-order valence-corrected chi connectivity index (χ4v) is 1.61. The van der Waals surface area contributed by atoms with Crippen molar-refractivity contribution in [1.82, 2.24) is 15.4 Å². The van der Waals surface area contributed by atoms with Crippen LogP contribution < -0.4 is 11.3 Å². The van der Waals surface area contributed by atoms with Gasteiger partial charge in [-0.15, -0.1) is 0 Å². The number of nitrogens with one attached hydrogen (secondary N) is 1. The highest BCUT2D eigenvalue weighted by Gasteiger charge is 2.10. The molecular formula is C12H14N4. The van der Waals surface area contributed by atoms with Crippen LogP contribution in [0.1, 0.15) is 17.2 Å². The highest BCUT2D eigenvalue weighted by Crippen LogP contribution is 2.15. The summed E-state index contributed by atoms with van der Waals surface area (Å²) in [6, 6.07) is 10.2. The molecule has 82 valence electrons. The molecule has 2 rings (SSSR count). The molecule has 4 heteroatoms. The lowest BCUT2D eigenvalue weighted by atomic mass is 10.0. The van der Waals surface area contributed by atoms with Gasteiger partial charge in [-0.1, -0.05) is 30.3 Å². The van der Waals surface area contributed by atoms with Gasteiger partial charge < -0.3 is 0 Å². The third kappa shape index (κ3) is 2.62. The highest BCUT2D eigenvalue weighted by molar-refractivity contribution is 5.19. The number of benzene rings is 1. The van der Waals surface area contributed by atoms with Crippen molar-refractivity contribution in [2.24, 2.45) is 5.84 Å². The maximum absolute atomic E-state index is 5.55. The molecule has 0 aliphatic carbocycles. The van der Waals surface area contributed by atoms with Gasteiger partial charge in [0.1, 0.15) is 6.33 Å². The summed E-state index contributed by atoms with van der Waals surface area (Å²) in [5, 5.41) is 0. The summed E-state index contributed by atoms with van der Waals surface area (Å²) in [7, 11) is 0. The maximum Gasteiger partial charge on any atom is 0.115 e. The molecule has 1 atom stereocenters. The first-order chi connectivity index (χ1) is 7.90. The first kappa shape index (κ1) is 10.7. The number of rotatable bonds is 4. The van der Waals surface area contributed by atoms with Crippen LogP contribution in [0.3, 0.4) is 0 Å². The zero-order valence-corrected chi connectivity index (χ0v) is 8.88. The number of hydrazine groups is 1. The standard InChI is InChI=1S/C12H14N4/c13-16-12(11-7-14-9-15-8-11)6-10-4-2-1-3-5-10/h1-5,7-9,12,16H,6,13H2. The van der Waals surface area contributed by atoms with E-state index in [-0.39, 0.29) is 6.04 Å². The van der Waals surface area contributed by atoms with E-state index in [2.05, 4.69) is 27.5 Å². The normalized spacial score (nSPS) is 12.3. The second kappa shape index (κ2) is 5.34. The maximum atomic E-state index is 5.55. The largest absolute Gasteiger partial charge is 0.271 e. The van der Waals surface area contributed by atoms with Crippen molar-refractivity contribution in [3.05, 3.63) is 60.2 Å². The molecule has 16 heavy (non-hydrogen) atoms. The molecule has 0 saturated heterocycles. The van der Waals surface area contributed by atoms with Gasteiger partial charge in [0.05, 0.1) is 6.04 Å². The van der Waals surface area contributed by atoms with E-state index in [1.807, 2.05) is 18.2 Å². The molecule has 1 aromatic carbocycles. The lowest BCUT2D eigenvalue weighted by molar-refractivity contribution is 0.548. The van der Waals surface area contributed by atoms with E-state index in [0.29, 0.717) is 0 Å². The molecule has 0 spiro atoms. The number of nitrogens with two attached hydrogens (primary N) is 1. The van der Waals surface area contributed by atoms with Crippen LogP contribution in [0.5, 0.6) is 0 Å². The van der Waals surface area contributed by atoms with Gasteiger partial charge in [0.2, 0.25) is 0 Å². The van der Waals surface area contributed by atoms with Crippen LogP contribution >= 0.6 is 0 Å². The summed E-state index contributed by atoms with van der Waals surface area (Å²) >= 11 is 0. The van der Waals surface area contributed by atoms with Crippen LogP contribution in [-0.2, 0) is 6.42 Å². The second-order valence-electron chi connectivity index (χ2n) is 3.58. The minimum atomic E-state index is 0.0450. The Morgan fingerprint density at radius 2 is 1.81 bits per heavy atom. The Labute approximate surface area is 94.5 Å². The number of aromatic nitrogens is 2. The van der Waals surface area contributed by atoms with Crippen LogP contribution in [0, 0.1) is 0 Å². The van der Waals surface area contributed by atoms with Gasteiger partial charge in [-0.25, -0.2) is 9.97 Å². The van der Waals surface area contributed by atoms with Crippen molar-refractivity contribution in [2.45, 2.75) is 12.5 Å². The van der Waals surface area contributed by atoms with E-state index in [1.165, 1.54) is 11.9 Å². The van der Waals surface area contributed by atoms with Gasteiger partial charge in [0, 0.05) is 18.0 Å². The molecule has 2 aromatic rings. The van der Waals surface area contributed by atoms with E-state index < -0.39 is 0 Å². The predicted octanol–water partition coefficient (Wildman–Crippen LogP) is 1.22. The molecule has 0 aliphatic rings. The van der Waals surface area contributed by atoms with Gasteiger partial charge >= 0.3 is 0 Å². The quantitative estimate of drug-likeness (QED) is 0.593. The Balaban J connectivity index is 2.13. The van der Waals surface area contributed by atoms with Crippen LogP contribution in [0.25, 0.3) is 0 Å². The molecule has 0 aliphatic heterocycles. The van der Waals surface area contributed by atoms with E-state index in [1.54, 1.807) is 12.4 Å². The molecule has 0 amide bonds. The molecule has 4 nitrogen and oxygen atoms in total. The fraction of sp³-hybridized carbons (Fsp3) is 0.167. The Bertz CT molecular complexity index is 416. The minimum absolute atomic E-state index is 0.0450. The molecule has 1 unspecified atom stereocenters. The fourth-order valence-electron chi connectivity index (χ4n) is 1.61. The topological polar surface area (TPSA) is 63.8 Å². The Morgan fingerprint density at radius 1 is 1.12 bits per heavy atom. The van der Waals surface area contributed by atoms with Crippen LogP contribution in [0.15, 0.2) is 49.1 Å². The van der Waals surface area contributed by atoms with Crippen molar-refractivity contribution in [2.75, 3.05) is 0 Å². The molecule has 3 N–H and O–H groups in total. The molecule has 0 bridgehead atoms. The summed E-state index contributed by atoms with van der Waals surface area (Å²) in [4.78, 5) is 7.98. The van der Waals surface area contributed by atoms with Crippen molar-refractivity contribution in [3.8, 4) is 0 Å². The Kier molecular flexibility index (Phi) is 3.58. The molecule has 1 heterocycles. The van der Waals surface area contributed by atoms with Gasteiger partial charge in [-0.05, 0) is 12.0 Å². The van der Waals surface area contributed by atoms with Crippen molar-refractivity contribution >= 4 is 0 Å². The van der Waals surface area contributed by atoms with E-state index in [4.69, 9.17) is 5.84 Å². The van der Waals surface area contributed by atoms with E-state index in [0.717, 1.165) is 12.0 Å². The van der Waals surface area contributed by atoms with Crippen molar-refractivity contribution in [1.29, 1.82) is 0 Å². The third-order valence-corrected chi connectivity index (χ3v) is 2.47. The summed E-state index contributed by atoms with van der Waals surface area (Å²) in [6.07, 6.45) is 5.89. The minimum Gasteiger partial charge on any atom is -0.271 e. The zero-order valence-electron chi connectivity index (χ0n) is 8.88. The third-order valence-electron chi connectivity index (χ3n) is 2.47. The van der Waals surface area contributed by atoms with Crippen LogP contribution in [-0.4, -0.2) is 9.97 Å². The lowest BCUT2D eigenvalue weighted by Gasteiger charge is -2.15. The Morgan fingerprint density at radius 3 is 2.44 bits per heavy atom. The van der Waals surface area contributed by atoms with Gasteiger partial charge in [-0.3, -0.25) is 11.3 Å². The first-order valence-electron chi connectivity index (χ1n) is 5.15. The van der Waals surface area contributed by atoms with Crippen LogP contribution in [0.2, 0.25) is 0 Å². The first-order valence-corrected chi connectivity index (χ1v) is 5.15. The average molecular weight is 214 g/mol. The average Bonchev–Trinajstić information content (AvgIpc) is 2.38. The van der Waals surface area contributed by atoms with Gasteiger partial charge in [-0.2, -0.15) is 0 Å². The van der Waals surface area contributed by atoms with Gasteiger partial charge in [0.15, 0.2) is 0 Å². The summed E-state index contributed by atoms with van der Waals surface area (Å²) in [6.45, 7) is 0. The molecular weight excluding hydrogens is 200 g/mol. The Hall–Kier alpha value is -1.78. The summed E-state index contributed by atoms with van der Waals surface area (Å²) < 4.78 is 0. The van der Waals surface area contributed by atoms with Crippen molar-refractivity contribution < 1.29 is 0 Å². The van der Waals surface area contributed by atoms with E-state index in [9.17, 15) is 0 Å². The number of hydrogen-bond donors (Lipinski definition) is 2. The SMILES string of the molecule is NNC(Cc1ccccc1)c1cncnc1. The monoisotopic (exact) mass is 214 g/mol. The van der Waals surface area contributed by atoms with Gasteiger partial charge in [0.25, 0.3) is 0 Å². The van der Waals surface area contributed by atoms with E-state index >= 15 is 0 Å². The molecule has 0 radical (unpaired) electrons. The summed E-state index contributed by atoms with van der Waals surface area (Å²) in [5.41, 5.74) is 5.01. The predicted molar refractivity (Wildman–Crippen MR) is 62.2 cm³/mol. The smallest absolute Gasteiger partial charge is 0.115 e.